The second-order valence-electron chi connectivity index (χ2n) is 8.26. The molecule has 3 fully saturated rings. The average Bonchev–Trinajstić information content (AvgIpc) is 3.07. The van der Waals surface area contributed by atoms with Crippen molar-refractivity contribution in [2.45, 2.75) is 64.4 Å². The van der Waals surface area contributed by atoms with Crippen molar-refractivity contribution in [1.82, 2.24) is 0 Å². The van der Waals surface area contributed by atoms with E-state index in [1.54, 1.807) is 13.8 Å². The van der Waals surface area contributed by atoms with Crippen LogP contribution in [0, 0.1) is 16.7 Å². The van der Waals surface area contributed by atoms with Crippen LogP contribution in [0.5, 0.6) is 0 Å². The second kappa shape index (κ2) is 6.37. The Morgan fingerprint density at radius 2 is 1.88 bits per heavy atom. The van der Waals surface area contributed by atoms with E-state index >= 15 is 0 Å². The van der Waals surface area contributed by atoms with Crippen LogP contribution in [0.25, 0.3) is 0 Å². The summed E-state index contributed by atoms with van der Waals surface area (Å²) in [5, 5.41) is -0.512. The minimum absolute atomic E-state index is 0.0389. The summed E-state index contributed by atoms with van der Waals surface area (Å²) in [5.74, 6) is -0.392. The molecule has 3 aliphatic rings. The van der Waals surface area contributed by atoms with Gasteiger partial charge >= 0.3 is 12.1 Å². The molecular formula is C17H26O8S. The minimum atomic E-state index is -3.60. The van der Waals surface area contributed by atoms with E-state index < -0.39 is 44.6 Å². The number of ether oxygens (including phenoxy) is 3. The predicted octanol–water partition coefficient (Wildman–Crippen LogP) is 2.01. The first-order valence-electron chi connectivity index (χ1n) is 8.94. The van der Waals surface area contributed by atoms with Gasteiger partial charge in [-0.15, -0.1) is 0 Å². The quantitative estimate of drug-likeness (QED) is 0.385. The Bertz CT molecular complexity index is 700. The van der Waals surface area contributed by atoms with E-state index in [-0.39, 0.29) is 25.1 Å². The Labute approximate surface area is 153 Å². The molecule has 1 aliphatic heterocycles. The van der Waals surface area contributed by atoms with Gasteiger partial charge < -0.3 is 14.2 Å². The molecule has 0 aromatic rings. The summed E-state index contributed by atoms with van der Waals surface area (Å²) in [6.07, 6.45) is -0.432. The standard InChI is InChI=1S/C17H26O8S/c1-5-16(2,3)14(18)22-6-7-23-15(19)24-12-10-8-11-17(4,9-10)13(12)25-26(11,20)21/h10-13H,5-9H2,1-4H3. The fourth-order valence-electron chi connectivity index (χ4n) is 4.22. The molecule has 0 spiro atoms. The smallest absolute Gasteiger partial charge is 0.462 e. The van der Waals surface area contributed by atoms with Crippen molar-refractivity contribution in [2.75, 3.05) is 13.2 Å². The van der Waals surface area contributed by atoms with Crippen molar-refractivity contribution in [3.8, 4) is 0 Å². The highest BCUT2D eigenvalue weighted by molar-refractivity contribution is 7.87. The topological polar surface area (TPSA) is 105 Å². The first-order chi connectivity index (χ1) is 12.0. The number of fused-ring (bicyclic) bond motifs is 1. The van der Waals surface area contributed by atoms with Crippen molar-refractivity contribution in [2.24, 2.45) is 16.7 Å². The van der Waals surface area contributed by atoms with Crippen molar-refractivity contribution in [3.63, 3.8) is 0 Å². The molecule has 148 valence electrons. The molecule has 1 saturated heterocycles. The molecular weight excluding hydrogens is 364 g/mol. The monoisotopic (exact) mass is 390 g/mol. The second-order valence-corrected chi connectivity index (χ2v) is 10.0. The molecule has 5 atom stereocenters. The molecule has 8 nitrogen and oxygen atoms in total. The summed E-state index contributed by atoms with van der Waals surface area (Å²) in [7, 11) is -3.60. The lowest BCUT2D eigenvalue weighted by atomic mass is 9.82. The number of carbonyl (C=O) groups is 2. The Kier molecular flexibility index (Phi) is 4.75. The summed E-state index contributed by atoms with van der Waals surface area (Å²) in [6, 6.07) is 0. The zero-order valence-electron chi connectivity index (χ0n) is 15.5. The number of rotatable bonds is 6. The lowest BCUT2D eigenvalue weighted by molar-refractivity contribution is -0.155. The average molecular weight is 390 g/mol. The molecule has 3 rings (SSSR count). The van der Waals surface area contributed by atoms with E-state index in [1.165, 1.54) is 0 Å². The van der Waals surface area contributed by atoms with E-state index in [9.17, 15) is 18.0 Å². The number of hydrogen-bond donors (Lipinski definition) is 0. The van der Waals surface area contributed by atoms with Crippen LogP contribution < -0.4 is 0 Å². The van der Waals surface area contributed by atoms with Crippen LogP contribution in [0.3, 0.4) is 0 Å². The van der Waals surface area contributed by atoms with E-state index in [0.717, 1.165) is 0 Å². The molecule has 26 heavy (non-hydrogen) atoms. The van der Waals surface area contributed by atoms with E-state index in [1.807, 2.05) is 13.8 Å². The van der Waals surface area contributed by atoms with Crippen LogP contribution >= 0.6 is 0 Å². The maximum Gasteiger partial charge on any atom is 0.508 e. The van der Waals surface area contributed by atoms with Crippen molar-refractivity contribution >= 4 is 22.2 Å². The Hall–Kier alpha value is -1.35. The number of carbonyl (C=O) groups excluding carboxylic acids is 2. The molecule has 0 aromatic heterocycles. The van der Waals surface area contributed by atoms with Crippen molar-refractivity contribution in [3.05, 3.63) is 0 Å². The summed E-state index contributed by atoms with van der Waals surface area (Å²) >= 11 is 0. The molecule has 9 heteroatoms. The normalized spacial score (nSPS) is 36.8. The van der Waals surface area contributed by atoms with Gasteiger partial charge in [0.05, 0.1) is 10.7 Å². The van der Waals surface area contributed by atoms with Gasteiger partial charge in [-0.1, -0.05) is 13.8 Å². The Morgan fingerprint density at radius 1 is 1.23 bits per heavy atom. The molecule has 2 bridgehead atoms. The lowest BCUT2D eigenvalue weighted by Crippen LogP contribution is -2.42. The van der Waals surface area contributed by atoms with Crippen molar-refractivity contribution < 1.29 is 36.4 Å². The van der Waals surface area contributed by atoms with Crippen LogP contribution in [0.4, 0.5) is 4.79 Å². The first kappa shape index (κ1) is 19.4. The lowest BCUT2D eigenvalue weighted by Gasteiger charge is -2.29. The van der Waals surface area contributed by atoms with Gasteiger partial charge in [-0.2, -0.15) is 8.42 Å². The molecule has 1 heterocycles. The molecule has 0 amide bonds. The van der Waals surface area contributed by atoms with E-state index in [4.69, 9.17) is 18.4 Å². The van der Waals surface area contributed by atoms with Crippen LogP contribution in [-0.2, 0) is 33.3 Å². The summed E-state index contributed by atoms with van der Waals surface area (Å²) in [5.41, 5.74) is -1.09. The molecule has 0 aromatic carbocycles. The minimum Gasteiger partial charge on any atom is -0.462 e. The third kappa shape index (κ3) is 3.09. The number of esters is 1. The predicted molar refractivity (Wildman–Crippen MR) is 89.7 cm³/mol. The van der Waals surface area contributed by atoms with Gasteiger partial charge in [0.15, 0.2) is 0 Å². The van der Waals surface area contributed by atoms with Crippen molar-refractivity contribution in [1.29, 1.82) is 0 Å². The van der Waals surface area contributed by atoms with Crippen LogP contribution in [0.1, 0.15) is 47.0 Å². The van der Waals surface area contributed by atoms with Gasteiger partial charge in [0.2, 0.25) is 0 Å². The summed E-state index contributed by atoms with van der Waals surface area (Å²) in [4.78, 5) is 23.7. The maximum absolute atomic E-state index is 12.1. The zero-order chi connectivity index (χ0) is 19.3. The zero-order valence-corrected chi connectivity index (χ0v) is 16.3. The molecule has 0 N–H and O–H groups in total. The SMILES string of the molecule is CCC(C)(C)C(=O)OCCOC(=O)OC1C2CC3C(C)(C2)C1OS3(=O)=O. The fourth-order valence-corrected chi connectivity index (χ4v) is 6.35. The van der Waals surface area contributed by atoms with Gasteiger partial charge in [-0.25, -0.2) is 4.79 Å². The highest BCUT2D eigenvalue weighted by Crippen LogP contribution is 2.63. The van der Waals surface area contributed by atoms with Gasteiger partial charge in [0, 0.05) is 11.3 Å². The molecule has 0 radical (unpaired) electrons. The Balaban J connectivity index is 1.46. The largest absolute Gasteiger partial charge is 0.508 e. The van der Waals surface area contributed by atoms with Crippen LogP contribution in [0.2, 0.25) is 0 Å². The number of hydrogen-bond acceptors (Lipinski definition) is 8. The molecule has 2 aliphatic carbocycles. The highest BCUT2D eigenvalue weighted by atomic mass is 32.2. The molecule has 5 unspecified atom stereocenters. The first-order valence-corrected chi connectivity index (χ1v) is 10.4. The van der Waals surface area contributed by atoms with Gasteiger partial charge in [0.25, 0.3) is 10.1 Å². The summed E-state index contributed by atoms with van der Waals surface area (Å²) in [6.45, 7) is 7.15. The van der Waals surface area contributed by atoms with Gasteiger partial charge in [0.1, 0.15) is 25.4 Å². The van der Waals surface area contributed by atoms with E-state index in [0.29, 0.717) is 19.3 Å². The maximum atomic E-state index is 12.1. The highest BCUT2D eigenvalue weighted by Gasteiger charge is 2.72. The van der Waals surface area contributed by atoms with Crippen LogP contribution in [-0.4, -0.2) is 51.2 Å². The summed E-state index contributed by atoms with van der Waals surface area (Å²) < 4.78 is 44.7. The van der Waals surface area contributed by atoms with Gasteiger partial charge in [-0.05, 0) is 33.1 Å². The van der Waals surface area contributed by atoms with Crippen LogP contribution in [0.15, 0.2) is 0 Å². The fraction of sp³-hybridized carbons (Fsp3) is 0.882. The third-order valence-corrected chi connectivity index (χ3v) is 8.06. The third-order valence-electron chi connectivity index (χ3n) is 6.16. The Morgan fingerprint density at radius 3 is 2.54 bits per heavy atom. The van der Waals surface area contributed by atoms with Gasteiger partial charge in [-0.3, -0.25) is 8.98 Å². The van der Waals surface area contributed by atoms with E-state index in [2.05, 4.69) is 0 Å². The molecule has 2 saturated carbocycles.